The van der Waals surface area contributed by atoms with Gasteiger partial charge < -0.3 is 10.4 Å². The molecule has 0 amide bonds. The zero-order valence-corrected chi connectivity index (χ0v) is 14.4. The molecular formula is C18H16ClN3OS. The van der Waals surface area contributed by atoms with Crippen LogP contribution in [0.3, 0.4) is 0 Å². The number of anilines is 1. The number of nitrogens with zero attached hydrogens (tertiary/aromatic N) is 2. The Bertz CT molecular complexity index is 863. The first-order valence-electron chi connectivity index (χ1n) is 7.83. The standard InChI is InChI=1S/C18H16ClN3OS/c19-12-6-4-11(5-7-12)10-17-21-22-18(24-17)20-15-9-8-14-13(15)2-1-3-16(14)23/h1-7,15,23H,8-10H2,(H,20,22). The number of fused-ring (bicyclic) bond motifs is 1. The average Bonchev–Trinajstić information content (AvgIpc) is 3.19. The summed E-state index contributed by atoms with van der Waals surface area (Å²) in [5.41, 5.74) is 3.36. The summed E-state index contributed by atoms with van der Waals surface area (Å²) in [4.78, 5) is 0. The molecule has 0 spiro atoms. The molecule has 0 saturated carbocycles. The van der Waals surface area contributed by atoms with Crippen LogP contribution in [0.5, 0.6) is 5.75 Å². The molecule has 0 saturated heterocycles. The fraction of sp³-hybridized carbons (Fsp3) is 0.222. The summed E-state index contributed by atoms with van der Waals surface area (Å²) in [7, 11) is 0. The molecule has 4 nitrogen and oxygen atoms in total. The van der Waals surface area contributed by atoms with E-state index in [-0.39, 0.29) is 6.04 Å². The van der Waals surface area contributed by atoms with E-state index in [4.69, 9.17) is 11.6 Å². The molecule has 3 aromatic rings. The number of nitrogens with one attached hydrogen (secondary N) is 1. The highest BCUT2D eigenvalue weighted by Crippen LogP contribution is 2.38. The molecule has 2 N–H and O–H groups in total. The molecule has 122 valence electrons. The van der Waals surface area contributed by atoms with E-state index in [1.165, 1.54) is 5.56 Å². The molecule has 24 heavy (non-hydrogen) atoms. The van der Waals surface area contributed by atoms with Crippen LogP contribution in [0.1, 0.15) is 34.2 Å². The molecule has 1 heterocycles. The Labute approximate surface area is 149 Å². The first kappa shape index (κ1) is 15.4. The topological polar surface area (TPSA) is 58.0 Å². The SMILES string of the molecule is Oc1cccc2c1CCC2Nc1nnc(Cc2ccc(Cl)cc2)s1. The molecule has 0 fully saturated rings. The van der Waals surface area contributed by atoms with Crippen molar-refractivity contribution in [1.82, 2.24) is 10.2 Å². The maximum absolute atomic E-state index is 9.94. The van der Waals surface area contributed by atoms with Crippen LogP contribution < -0.4 is 5.32 Å². The summed E-state index contributed by atoms with van der Waals surface area (Å²) in [6, 6.07) is 13.7. The summed E-state index contributed by atoms with van der Waals surface area (Å²) >= 11 is 7.48. The number of aromatic nitrogens is 2. The summed E-state index contributed by atoms with van der Waals surface area (Å²) in [6.07, 6.45) is 2.59. The normalized spacial score (nSPS) is 16.1. The van der Waals surface area contributed by atoms with Gasteiger partial charge in [0.25, 0.3) is 0 Å². The molecule has 0 aliphatic heterocycles. The van der Waals surface area contributed by atoms with Gasteiger partial charge in [-0.1, -0.05) is 47.2 Å². The minimum absolute atomic E-state index is 0.184. The predicted molar refractivity (Wildman–Crippen MR) is 97.0 cm³/mol. The molecule has 1 aliphatic carbocycles. The molecule has 1 aliphatic rings. The highest BCUT2D eigenvalue weighted by molar-refractivity contribution is 7.15. The van der Waals surface area contributed by atoms with Crippen molar-refractivity contribution in [3.8, 4) is 5.75 Å². The zero-order valence-electron chi connectivity index (χ0n) is 12.9. The Balaban J connectivity index is 1.47. The first-order chi connectivity index (χ1) is 11.7. The Morgan fingerprint density at radius 3 is 2.83 bits per heavy atom. The summed E-state index contributed by atoms with van der Waals surface area (Å²) in [5.74, 6) is 0.387. The van der Waals surface area contributed by atoms with E-state index in [0.29, 0.717) is 5.75 Å². The van der Waals surface area contributed by atoms with E-state index in [9.17, 15) is 5.11 Å². The van der Waals surface area contributed by atoms with Crippen LogP contribution in [0.2, 0.25) is 5.02 Å². The Kier molecular flexibility index (Phi) is 4.12. The van der Waals surface area contributed by atoms with E-state index < -0.39 is 0 Å². The van der Waals surface area contributed by atoms with Crippen LogP contribution in [0.4, 0.5) is 5.13 Å². The summed E-state index contributed by atoms with van der Waals surface area (Å²) in [6.45, 7) is 0. The van der Waals surface area contributed by atoms with Crippen LogP contribution in [0.25, 0.3) is 0 Å². The highest BCUT2D eigenvalue weighted by Gasteiger charge is 2.25. The van der Waals surface area contributed by atoms with Crippen molar-refractivity contribution in [1.29, 1.82) is 0 Å². The van der Waals surface area contributed by atoms with Gasteiger partial charge in [0.15, 0.2) is 0 Å². The van der Waals surface area contributed by atoms with E-state index >= 15 is 0 Å². The van der Waals surface area contributed by atoms with E-state index in [1.807, 2.05) is 30.3 Å². The molecule has 4 rings (SSSR count). The Morgan fingerprint density at radius 1 is 1.17 bits per heavy atom. The van der Waals surface area contributed by atoms with Gasteiger partial charge in [0.05, 0.1) is 6.04 Å². The van der Waals surface area contributed by atoms with Crippen molar-refractivity contribution >= 4 is 28.1 Å². The third-order valence-electron chi connectivity index (χ3n) is 4.28. The van der Waals surface area contributed by atoms with Crippen LogP contribution in [-0.2, 0) is 12.8 Å². The van der Waals surface area contributed by atoms with Gasteiger partial charge in [0.1, 0.15) is 10.8 Å². The van der Waals surface area contributed by atoms with Crippen LogP contribution in [0.15, 0.2) is 42.5 Å². The van der Waals surface area contributed by atoms with Gasteiger partial charge in [-0.15, -0.1) is 10.2 Å². The van der Waals surface area contributed by atoms with Crippen molar-refractivity contribution in [2.24, 2.45) is 0 Å². The van der Waals surface area contributed by atoms with Gasteiger partial charge >= 0.3 is 0 Å². The lowest BCUT2D eigenvalue weighted by molar-refractivity contribution is 0.469. The van der Waals surface area contributed by atoms with Crippen LogP contribution in [0, 0.1) is 0 Å². The fourth-order valence-corrected chi connectivity index (χ4v) is 4.05. The molecule has 0 bridgehead atoms. The predicted octanol–water partition coefficient (Wildman–Crippen LogP) is 4.59. The van der Waals surface area contributed by atoms with E-state index in [0.717, 1.165) is 45.6 Å². The second kappa shape index (κ2) is 6.42. The first-order valence-corrected chi connectivity index (χ1v) is 9.02. The minimum atomic E-state index is 0.184. The number of halogens is 1. The number of hydrogen-bond donors (Lipinski definition) is 2. The largest absolute Gasteiger partial charge is 0.508 e. The van der Waals surface area contributed by atoms with Gasteiger partial charge in [-0.3, -0.25) is 0 Å². The molecular weight excluding hydrogens is 342 g/mol. The molecule has 0 radical (unpaired) electrons. The fourth-order valence-electron chi connectivity index (χ4n) is 3.09. The molecule has 1 atom stereocenters. The highest BCUT2D eigenvalue weighted by atomic mass is 35.5. The molecule has 6 heteroatoms. The van der Waals surface area contributed by atoms with Crippen molar-refractivity contribution < 1.29 is 5.11 Å². The Morgan fingerprint density at radius 2 is 2.00 bits per heavy atom. The Hall–Kier alpha value is -2.11. The number of aromatic hydroxyl groups is 1. The van der Waals surface area contributed by atoms with Crippen molar-refractivity contribution in [2.75, 3.05) is 5.32 Å². The summed E-state index contributed by atoms with van der Waals surface area (Å²) < 4.78 is 0. The maximum Gasteiger partial charge on any atom is 0.206 e. The monoisotopic (exact) mass is 357 g/mol. The van der Waals surface area contributed by atoms with E-state index in [1.54, 1.807) is 17.4 Å². The lowest BCUT2D eigenvalue weighted by atomic mass is 10.1. The second-order valence-corrected chi connectivity index (χ2v) is 7.38. The molecule has 2 aromatic carbocycles. The number of benzene rings is 2. The third-order valence-corrected chi connectivity index (χ3v) is 5.39. The van der Waals surface area contributed by atoms with Gasteiger partial charge in [-0.25, -0.2) is 0 Å². The quantitative estimate of drug-likeness (QED) is 0.717. The van der Waals surface area contributed by atoms with E-state index in [2.05, 4.69) is 21.6 Å². The van der Waals surface area contributed by atoms with Crippen molar-refractivity contribution in [3.05, 3.63) is 69.2 Å². The van der Waals surface area contributed by atoms with Gasteiger partial charge in [0, 0.05) is 11.4 Å². The van der Waals surface area contributed by atoms with Crippen molar-refractivity contribution in [2.45, 2.75) is 25.3 Å². The molecule has 1 aromatic heterocycles. The smallest absolute Gasteiger partial charge is 0.206 e. The number of rotatable bonds is 4. The third kappa shape index (κ3) is 3.09. The van der Waals surface area contributed by atoms with Crippen LogP contribution >= 0.6 is 22.9 Å². The van der Waals surface area contributed by atoms with Gasteiger partial charge in [-0.05, 0) is 47.7 Å². The maximum atomic E-state index is 9.94. The zero-order chi connectivity index (χ0) is 16.5. The lowest BCUT2D eigenvalue weighted by Crippen LogP contribution is -2.06. The second-order valence-electron chi connectivity index (χ2n) is 5.88. The van der Waals surface area contributed by atoms with Gasteiger partial charge in [0.2, 0.25) is 5.13 Å². The lowest BCUT2D eigenvalue weighted by Gasteiger charge is -2.12. The summed E-state index contributed by atoms with van der Waals surface area (Å²) in [5, 5.41) is 24.4. The number of hydrogen-bond acceptors (Lipinski definition) is 5. The number of phenolic OH excluding ortho intramolecular Hbond substituents is 1. The van der Waals surface area contributed by atoms with Crippen LogP contribution in [-0.4, -0.2) is 15.3 Å². The average molecular weight is 358 g/mol. The number of phenols is 1. The van der Waals surface area contributed by atoms with Gasteiger partial charge in [-0.2, -0.15) is 0 Å². The molecule has 1 unspecified atom stereocenters. The van der Waals surface area contributed by atoms with Crippen molar-refractivity contribution in [3.63, 3.8) is 0 Å². The minimum Gasteiger partial charge on any atom is -0.508 e.